The molecule has 1 aromatic carbocycles. The topological polar surface area (TPSA) is 38.0 Å². The van der Waals surface area contributed by atoms with Gasteiger partial charge in [0.1, 0.15) is 11.6 Å². The van der Waals surface area contributed by atoms with Crippen LogP contribution in [0.5, 0.6) is 0 Å². The van der Waals surface area contributed by atoms with E-state index in [2.05, 4.69) is 5.43 Å². The van der Waals surface area contributed by atoms with Crippen molar-refractivity contribution >= 4 is 11.3 Å². The second-order valence-electron chi connectivity index (χ2n) is 3.64. The molecule has 2 rings (SSSR count). The van der Waals surface area contributed by atoms with E-state index in [9.17, 15) is 8.78 Å². The van der Waals surface area contributed by atoms with Gasteiger partial charge in [-0.1, -0.05) is 12.1 Å². The second-order valence-corrected chi connectivity index (χ2v) is 4.67. The molecule has 2 nitrogen and oxygen atoms in total. The van der Waals surface area contributed by atoms with Gasteiger partial charge in [0.25, 0.3) is 0 Å². The molecule has 0 bridgehead atoms. The smallest absolute Gasteiger partial charge is 0.130 e. The molecule has 0 spiro atoms. The van der Waals surface area contributed by atoms with Crippen LogP contribution < -0.4 is 11.3 Å². The van der Waals surface area contributed by atoms with Crippen molar-refractivity contribution in [2.45, 2.75) is 12.5 Å². The summed E-state index contributed by atoms with van der Waals surface area (Å²) in [5, 5.41) is 1.92. The van der Waals surface area contributed by atoms with Crippen molar-refractivity contribution in [1.82, 2.24) is 5.43 Å². The van der Waals surface area contributed by atoms with Crippen LogP contribution in [-0.2, 0) is 6.42 Å². The first-order valence-corrected chi connectivity index (χ1v) is 6.02. The third-order valence-electron chi connectivity index (χ3n) is 2.53. The van der Waals surface area contributed by atoms with E-state index in [1.54, 1.807) is 0 Å². The van der Waals surface area contributed by atoms with Gasteiger partial charge < -0.3 is 0 Å². The van der Waals surface area contributed by atoms with Crippen molar-refractivity contribution in [2.24, 2.45) is 5.84 Å². The lowest BCUT2D eigenvalue weighted by Gasteiger charge is -2.16. The summed E-state index contributed by atoms with van der Waals surface area (Å²) in [5.74, 6) is 4.22. The highest BCUT2D eigenvalue weighted by atomic mass is 32.1. The Hall–Kier alpha value is -1.30. The predicted molar refractivity (Wildman–Crippen MR) is 64.4 cm³/mol. The SMILES string of the molecule is NNC(Cc1cccs1)c1c(F)cccc1F. The maximum absolute atomic E-state index is 13.6. The first-order valence-electron chi connectivity index (χ1n) is 5.14. The standard InChI is InChI=1S/C12H12F2N2S/c13-9-4-1-5-10(14)12(9)11(16-15)7-8-3-2-6-17-8/h1-6,11,16H,7,15H2. The van der Waals surface area contributed by atoms with Crippen molar-refractivity contribution < 1.29 is 8.78 Å². The molecule has 2 aromatic rings. The Morgan fingerprint density at radius 3 is 2.41 bits per heavy atom. The molecule has 0 aliphatic carbocycles. The maximum atomic E-state index is 13.6. The van der Waals surface area contributed by atoms with Gasteiger partial charge >= 0.3 is 0 Å². The number of halogens is 2. The van der Waals surface area contributed by atoms with Gasteiger partial charge in [-0.05, 0) is 23.6 Å². The highest BCUT2D eigenvalue weighted by Crippen LogP contribution is 2.25. The van der Waals surface area contributed by atoms with Gasteiger partial charge in [-0.3, -0.25) is 11.3 Å². The first kappa shape index (κ1) is 12.2. The molecule has 1 aromatic heterocycles. The van der Waals surface area contributed by atoms with Crippen LogP contribution in [0, 0.1) is 11.6 Å². The monoisotopic (exact) mass is 254 g/mol. The number of benzene rings is 1. The molecule has 0 saturated heterocycles. The number of hydrogen-bond acceptors (Lipinski definition) is 3. The minimum atomic E-state index is -0.579. The summed E-state index contributed by atoms with van der Waals surface area (Å²) in [6.07, 6.45) is 0.464. The van der Waals surface area contributed by atoms with Crippen molar-refractivity contribution in [3.8, 4) is 0 Å². The van der Waals surface area contributed by atoms with E-state index in [0.29, 0.717) is 6.42 Å². The van der Waals surface area contributed by atoms with Crippen molar-refractivity contribution in [2.75, 3.05) is 0 Å². The predicted octanol–water partition coefficient (Wildman–Crippen LogP) is 2.77. The summed E-state index contributed by atoms with van der Waals surface area (Å²) < 4.78 is 27.2. The fourth-order valence-corrected chi connectivity index (χ4v) is 2.47. The van der Waals surface area contributed by atoms with Crippen LogP contribution in [0.1, 0.15) is 16.5 Å². The fourth-order valence-electron chi connectivity index (χ4n) is 1.72. The van der Waals surface area contributed by atoms with E-state index in [1.165, 1.54) is 29.5 Å². The largest absolute Gasteiger partial charge is 0.271 e. The molecule has 17 heavy (non-hydrogen) atoms. The molecule has 0 aliphatic heterocycles. The Bertz CT molecular complexity index is 465. The second kappa shape index (κ2) is 5.35. The summed E-state index contributed by atoms with van der Waals surface area (Å²) in [6, 6.07) is 7.05. The van der Waals surface area contributed by atoms with Crippen LogP contribution in [0.15, 0.2) is 35.7 Å². The molecule has 90 valence electrons. The lowest BCUT2D eigenvalue weighted by atomic mass is 10.0. The fraction of sp³-hybridized carbons (Fsp3) is 0.167. The van der Waals surface area contributed by atoms with Crippen molar-refractivity contribution in [1.29, 1.82) is 0 Å². The molecule has 5 heteroatoms. The van der Waals surface area contributed by atoms with Crippen molar-refractivity contribution in [3.05, 3.63) is 57.8 Å². The highest BCUT2D eigenvalue weighted by molar-refractivity contribution is 7.09. The number of nitrogens with two attached hydrogens (primary N) is 1. The van der Waals surface area contributed by atoms with Gasteiger partial charge in [-0.2, -0.15) is 0 Å². The van der Waals surface area contributed by atoms with Gasteiger partial charge in [0.05, 0.1) is 6.04 Å². The van der Waals surface area contributed by atoms with Gasteiger partial charge in [0, 0.05) is 16.9 Å². The molecule has 1 unspecified atom stereocenters. The average molecular weight is 254 g/mol. The molecular weight excluding hydrogens is 242 g/mol. The van der Waals surface area contributed by atoms with Gasteiger partial charge in [0.2, 0.25) is 0 Å². The Labute approximate surface area is 102 Å². The van der Waals surface area contributed by atoms with Gasteiger partial charge in [0.15, 0.2) is 0 Å². The van der Waals surface area contributed by atoms with Crippen LogP contribution in [0.2, 0.25) is 0 Å². The number of rotatable bonds is 4. The zero-order valence-corrected chi connectivity index (χ0v) is 9.81. The molecule has 0 saturated carbocycles. The highest BCUT2D eigenvalue weighted by Gasteiger charge is 2.19. The minimum absolute atomic E-state index is 0.0107. The third kappa shape index (κ3) is 2.69. The number of nitrogens with one attached hydrogen (secondary N) is 1. The number of thiophene rings is 1. The zero-order valence-electron chi connectivity index (χ0n) is 8.99. The zero-order chi connectivity index (χ0) is 12.3. The molecule has 1 atom stereocenters. The molecule has 0 amide bonds. The molecule has 3 N–H and O–H groups in total. The summed E-state index contributed by atoms with van der Waals surface area (Å²) >= 11 is 1.53. The molecule has 0 aliphatic rings. The van der Waals surface area contributed by atoms with E-state index < -0.39 is 17.7 Å². The van der Waals surface area contributed by atoms with Crippen LogP contribution >= 0.6 is 11.3 Å². The number of hydrazine groups is 1. The van der Waals surface area contributed by atoms with E-state index in [0.717, 1.165) is 4.88 Å². The third-order valence-corrected chi connectivity index (χ3v) is 3.43. The van der Waals surface area contributed by atoms with Crippen LogP contribution in [0.4, 0.5) is 8.78 Å². The van der Waals surface area contributed by atoms with Crippen molar-refractivity contribution in [3.63, 3.8) is 0 Å². The average Bonchev–Trinajstić information content (AvgIpc) is 2.80. The quantitative estimate of drug-likeness (QED) is 0.650. The Morgan fingerprint density at radius 1 is 1.18 bits per heavy atom. The lowest BCUT2D eigenvalue weighted by Crippen LogP contribution is -2.30. The molecule has 0 fully saturated rings. The summed E-state index contributed by atoms with van der Waals surface area (Å²) in [4.78, 5) is 1.02. The summed E-state index contributed by atoms with van der Waals surface area (Å²) in [7, 11) is 0. The van der Waals surface area contributed by atoms with Gasteiger partial charge in [-0.15, -0.1) is 11.3 Å². The minimum Gasteiger partial charge on any atom is -0.271 e. The normalized spacial score (nSPS) is 12.6. The van der Waals surface area contributed by atoms with Crippen LogP contribution in [0.3, 0.4) is 0 Å². The summed E-state index contributed by atoms with van der Waals surface area (Å²) in [6.45, 7) is 0. The first-order chi connectivity index (χ1) is 8.22. The lowest BCUT2D eigenvalue weighted by molar-refractivity contribution is 0.474. The molecule has 1 heterocycles. The molecular formula is C12H12F2N2S. The summed E-state index contributed by atoms with van der Waals surface area (Å²) in [5.41, 5.74) is 2.45. The van der Waals surface area contributed by atoms with E-state index in [1.807, 2.05) is 17.5 Å². The Kier molecular flexibility index (Phi) is 3.83. The van der Waals surface area contributed by atoms with Gasteiger partial charge in [-0.25, -0.2) is 8.78 Å². The molecule has 0 radical (unpaired) electrons. The van der Waals surface area contributed by atoms with Crippen LogP contribution in [0.25, 0.3) is 0 Å². The van der Waals surface area contributed by atoms with Crippen LogP contribution in [-0.4, -0.2) is 0 Å². The van der Waals surface area contributed by atoms with E-state index in [4.69, 9.17) is 5.84 Å². The van der Waals surface area contributed by atoms with E-state index >= 15 is 0 Å². The Balaban J connectivity index is 2.29. The maximum Gasteiger partial charge on any atom is 0.130 e. The van der Waals surface area contributed by atoms with E-state index in [-0.39, 0.29) is 5.56 Å². The number of hydrogen-bond donors (Lipinski definition) is 2. The Morgan fingerprint density at radius 2 is 1.88 bits per heavy atom.